The number of guanidine groups is 1. The van der Waals surface area contributed by atoms with Crippen LogP contribution in [0.1, 0.15) is 39.3 Å². The third-order valence-electron chi connectivity index (χ3n) is 3.92. The van der Waals surface area contributed by atoms with Crippen molar-refractivity contribution >= 4 is 38.7 Å². The van der Waals surface area contributed by atoms with Crippen LogP contribution >= 0.6 is 0 Å². The molecule has 0 saturated carbocycles. The van der Waals surface area contributed by atoms with E-state index in [4.69, 9.17) is 15.7 Å². The minimum absolute atomic E-state index is 0.114. The summed E-state index contributed by atoms with van der Waals surface area (Å²) in [4.78, 5) is 24.5. The second kappa shape index (κ2) is 7.26. The first-order valence-electron chi connectivity index (χ1n) is 7.72. The molecule has 0 radical (unpaired) electrons. The van der Waals surface area contributed by atoms with Crippen molar-refractivity contribution in [2.75, 3.05) is 6.26 Å². The lowest BCUT2D eigenvalue weighted by molar-refractivity contribution is 0.0966. The Morgan fingerprint density at radius 1 is 1.35 bits per heavy atom. The molecular weight excluding hydrogens is 360 g/mol. The van der Waals surface area contributed by atoms with Gasteiger partial charge in [0.05, 0.1) is 6.26 Å². The predicted octanol–water partition coefficient (Wildman–Crippen LogP) is 0.825. The molecule has 0 atom stereocenters. The number of amides is 1. The van der Waals surface area contributed by atoms with Gasteiger partial charge in [0, 0.05) is 29.9 Å². The Kier molecular flexibility index (Phi) is 5.47. The molecule has 1 heterocycles. The van der Waals surface area contributed by atoms with Gasteiger partial charge in [0.25, 0.3) is 16.0 Å². The number of nitrogens with zero attached hydrogens (tertiary/aromatic N) is 1. The third-order valence-corrected chi connectivity index (χ3v) is 3.92. The molecule has 0 fully saturated rings. The van der Waals surface area contributed by atoms with E-state index in [1.807, 2.05) is 18.2 Å². The van der Waals surface area contributed by atoms with Gasteiger partial charge in [-0.2, -0.15) is 8.42 Å². The SMILES string of the molecule is CS(=O)(=O)O.Cn1c(C(=O)NC(=N)N)c2c3c(cccc31)C(=O)CCC2. The summed E-state index contributed by atoms with van der Waals surface area (Å²) in [6, 6.07) is 5.54. The van der Waals surface area contributed by atoms with Crippen LogP contribution in [0.15, 0.2) is 18.2 Å². The Morgan fingerprint density at radius 2 is 1.96 bits per heavy atom. The zero-order valence-corrected chi connectivity index (χ0v) is 15.2. The predicted molar refractivity (Wildman–Crippen MR) is 97.0 cm³/mol. The molecule has 0 spiro atoms. The number of aryl methyl sites for hydroxylation is 2. The molecule has 0 saturated heterocycles. The summed E-state index contributed by atoms with van der Waals surface area (Å²) in [6.45, 7) is 0. The highest BCUT2D eigenvalue weighted by Gasteiger charge is 2.26. The number of carbonyl (C=O) groups excluding carboxylic acids is 2. The number of benzene rings is 1. The molecule has 2 aromatic rings. The quantitative estimate of drug-likeness (QED) is 0.326. The number of hydrogen-bond donors (Lipinski definition) is 4. The first kappa shape index (κ1) is 19.6. The summed E-state index contributed by atoms with van der Waals surface area (Å²) in [5, 5.41) is 10.4. The highest BCUT2D eigenvalue weighted by Crippen LogP contribution is 2.33. The molecule has 140 valence electrons. The number of nitrogens with one attached hydrogen (secondary N) is 2. The number of Topliss-reactive ketones (excluding diaryl/α,β-unsaturated/α-hetero) is 1. The van der Waals surface area contributed by atoms with Crippen molar-refractivity contribution in [3.8, 4) is 0 Å². The van der Waals surface area contributed by atoms with E-state index in [9.17, 15) is 18.0 Å². The Balaban J connectivity index is 0.000000431. The number of carbonyl (C=O) groups is 2. The smallest absolute Gasteiger partial charge is 0.274 e. The van der Waals surface area contributed by atoms with E-state index in [1.165, 1.54) is 0 Å². The molecule has 10 heteroatoms. The molecule has 0 bridgehead atoms. The van der Waals surface area contributed by atoms with Crippen molar-refractivity contribution in [1.82, 2.24) is 9.88 Å². The fraction of sp³-hybridized carbons (Fsp3) is 0.312. The van der Waals surface area contributed by atoms with E-state index in [2.05, 4.69) is 5.32 Å². The van der Waals surface area contributed by atoms with Crippen LogP contribution in [0.4, 0.5) is 0 Å². The van der Waals surface area contributed by atoms with Gasteiger partial charge in [-0.25, -0.2) is 0 Å². The van der Waals surface area contributed by atoms with Gasteiger partial charge in [-0.3, -0.25) is 24.9 Å². The molecule has 1 amide bonds. The highest BCUT2D eigenvalue weighted by molar-refractivity contribution is 7.85. The van der Waals surface area contributed by atoms with Gasteiger partial charge >= 0.3 is 0 Å². The van der Waals surface area contributed by atoms with Crippen molar-refractivity contribution in [3.63, 3.8) is 0 Å². The molecule has 0 aliphatic heterocycles. The topological polar surface area (TPSA) is 155 Å². The Hall–Kier alpha value is -2.72. The van der Waals surface area contributed by atoms with Crippen LogP contribution in [0.5, 0.6) is 0 Å². The van der Waals surface area contributed by atoms with Crippen LogP contribution in [0.25, 0.3) is 10.9 Å². The van der Waals surface area contributed by atoms with Gasteiger partial charge in [-0.05, 0) is 24.5 Å². The summed E-state index contributed by atoms with van der Waals surface area (Å²) in [6.07, 6.45) is 2.59. The molecule has 1 aliphatic carbocycles. The average molecular weight is 380 g/mol. The van der Waals surface area contributed by atoms with Crippen LogP contribution in [-0.2, 0) is 23.6 Å². The molecule has 1 aromatic heterocycles. The molecule has 1 aliphatic rings. The minimum atomic E-state index is -3.67. The third kappa shape index (κ3) is 4.27. The number of ketones is 1. The maximum atomic E-state index is 12.3. The Morgan fingerprint density at radius 3 is 2.54 bits per heavy atom. The lowest BCUT2D eigenvalue weighted by atomic mass is 10.0. The minimum Gasteiger partial charge on any atom is -0.370 e. The lowest BCUT2D eigenvalue weighted by Crippen LogP contribution is -2.37. The maximum absolute atomic E-state index is 12.3. The number of aromatic nitrogens is 1. The van der Waals surface area contributed by atoms with E-state index in [1.54, 1.807) is 11.6 Å². The van der Waals surface area contributed by atoms with E-state index >= 15 is 0 Å². The van der Waals surface area contributed by atoms with Crippen LogP contribution in [-0.4, -0.2) is 41.4 Å². The van der Waals surface area contributed by atoms with Gasteiger partial charge in [0.1, 0.15) is 5.69 Å². The first-order valence-corrected chi connectivity index (χ1v) is 9.56. The summed E-state index contributed by atoms with van der Waals surface area (Å²) in [5.74, 6) is -0.678. The average Bonchev–Trinajstić information content (AvgIpc) is 2.66. The van der Waals surface area contributed by atoms with E-state index in [0.717, 1.165) is 16.5 Å². The zero-order valence-electron chi connectivity index (χ0n) is 14.4. The largest absolute Gasteiger partial charge is 0.370 e. The normalized spacial score (nSPS) is 13.6. The van der Waals surface area contributed by atoms with Gasteiger partial charge in [0.15, 0.2) is 11.7 Å². The van der Waals surface area contributed by atoms with Crippen molar-refractivity contribution in [2.45, 2.75) is 19.3 Å². The van der Waals surface area contributed by atoms with Crippen LogP contribution in [0, 0.1) is 5.41 Å². The van der Waals surface area contributed by atoms with Crippen molar-refractivity contribution in [3.05, 3.63) is 35.0 Å². The van der Waals surface area contributed by atoms with Gasteiger partial charge < -0.3 is 10.3 Å². The summed E-state index contributed by atoms with van der Waals surface area (Å²) < 4.78 is 27.6. The lowest BCUT2D eigenvalue weighted by Gasteiger charge is -2.07. The number of nitrogens with two attached hydrogens (primary N) is 1. The number of hydrogen-bond acceptors (Lipinski definition) is 5. The molecule has 3 rings (SSSR count). The Bertz CT molecular complexity index is 999. The van der Waals surface area contributed by atoms with Crippen molar-refractivity contribution in [1.29, 1.82) is 5.41 Å². The molecule has 1 aromatic carbocycles. The van der Waals surface area contributed by atoms with Gasteiger partial charge in [0.2, 0.25) is 0 Å². The van der Waals surface area contributed by atoms with Crippen LogP contribution in [0.2, 0.25) is 0 Å². The summed E-state index contributed by atoms with van der Waals surface area (Å²) in [7, 11) is -1.88. The van der Waals surface area contributed by atoms with Gasteiger partial charge in [-0.15, -0.1) is 0 Å². The first-order chi connectivity index (χ1) is 12.0. The number of rotatable bonds is 1. The van der Waals surface area contributed by atoms with Crippen LogP contribution < -0.4 is 11.1 Å². The molecule has 26 heavy (non-hydrogen) atoms. The standard InChI is InChI=1S/C15H16N4O2.CH4O3S/c1-19-10-6-2-4-8-11(20)7-3-5-9(12(8)10)13(19)14(21)18-15(16)17;1-5(2,3)4/h2,4,6H,3,5,7H2,1H3,(H4,16,17,18,21);1H3,(H,2,3,4). The van der Waals surface area contributed by atoms with Gasteiger partial charge in [-0.1, -0.05) is 12.1 Å². The van der Waals surface area contributed by atoms with Crippen molar-refractivity contribution in [2.24, 2.45) is 12.8 Å². The molecule has 5 N–H and O–H groups in total. The fourth-order valence-electron chi connectivity index (χ4n) is 3.09. The van der Waals surface area contributed by atoms with Crippen LogP contribution in [0.3, 0.4) is 0 Å². The highest BCUT2D eigenvalue weighted by atomic mass is 32.2. The van der Waals surface area contributed by atoms with E-state index < -0.39 is 16.0 Å². The fourth-order valence-corrected chi connectivity index (χ4v) is 3.09. The monoisotopic (exact) mass is 380 g/mol. The van der Waals surface area contributed by atoms with E-state index in [0.29, 0.717) is 36.8 Å². The second-order valence-corrected chi connectivity index (χ2v) is 7.43. The molecule has 9 nitrogen and oxygen atoms in total. The maximum Gasteiger partial charge on any atom is 0.274 e. The summed E-state index contributed by atoms with van der Waals surface area (Å²) >= 11 is 0. The molecule has 0 unspecified atom stereocenters. The summed E-state index contributed by atoms with van der Waals surface area (Å²) in [5.41, 5.74) is 8.13. The van der Waals surface area contributed by atoms with Crippen molar-refractivity contribution < 1.29 is 22.6 Å². The zero-order chi connectivity index (χ0) is 19.6. The molecular formula is C16H20N4O5S. The second-order valence-electron chi connectivity index (χ2n) is 5.96. The Labute approximate surface area is 150 Å². The van der Waals surface area contributed by atoms with E-state index in [-0.39, 0.29) is 11.7 Å².